The van der Waals surface area contributed by atoms with Crippen molar-refractivity contribution in [3.8, 4) is 11.5 Å². The molecule has 0 fully saturated rings. The topological polar surface area (TPSA) is 128 Å². The fourth-order valence-corrected chi connectivity index (χ4v) is 3.84. The van der Waals surface area contributed by atoms with E-state index in [1.165, 1.54) is 10.7 Å². The van der Waals surface area contributed by atoms with Crippen LogP contribution in [0.3, 0.4) is 0 Å². The van der Waals surface area contributed by atoms with Gasteiger partial charge in [-0.1, -0.05) is 38.3 Å². The molecule has 9 nitrogen and oxygen atoms in total. The Morgan fingerprint density at radius 3 is 2.66 bits per heavy atom. The molecule has 1 amide bonds. The Kier molecular flexibility index (Phi) is 7.45. The minimum absolute atomic E-state index is 0.0464. The van der Waals surface area contributed by atoms with E-state index in [0.29, 0.717) is 46.7 Å². The average Bonchev–Trinajstić information content (AvgIpc) is 3.13. The van der Waals surface area contributed by atoms with Crippen molar-refractivity contribution in [2.45, 2.75) is 39.5 Å². The Morgan fingerprint density at radius 2 is 1.91 bits per heavy atom. The molecule has 4 aromatic rings. The largest absolute Gasteiger partial charge is 0.504 e. The van der Waals surface area contributed by atoms with Gasteiger partial charge in [0.25, 0.3) is 5.91 Å². The van der Waals surface area contributed by atoms with E-state index in [4.69, 9.17) is 20.4 Å². The van der Waals surface area contributed by atoms with Gasteiger partial charge in [0.2, 0.25) is 0 Å². The Bertz CT molecular complexity index is 1380. The van der Waals surface area contributed by atoms with Crippen molar-refractivity contribution < 1.29 is 14.6 Å². The number of nitrogens with one attached hydrogen (secondary N) is 1. The number of carbonyl (C=O) groups is 1. The summed E-state index contributed by atoms with van der Waals surface area (Å²) in [6, 6.07) is 12.4. The number of hydrogen-bond donors (Lipinski definition) is 3. The number of nitrogens with two attached hydrogens (primary N) is 1. The summed E-state index contributed by atoms with van der Waals surface area (Å²) in [5.74, 6) is 0.257. The number of benzene rings is 2. The van der Waals surface area contributed by atoms with Crippen molar-refractivity contribution in [1.29, 1.82) is 0 Å². The van der Waals surface area contributed by atoms with E-state index < -0.39 is 0 Å². The van der Waals surface area contributed by atoms with Crippen LogP contribution in [-0.2, 0) is 0 Å². The fourth-order valence-electron chi connectivity index (χ4n) is 3.84. The Morgan fingerprint density at radius 1 is 1.14 bits per heavy atom. The highest BCUT2D eigenvalue weighted by Gasteiger charge is 2.23. The molecule has 0 aliphatic carbocycles. The smallest absolute Gasteiger partial charge is 0.257 e. The molecule has 0 radical (unpaired) electrons. The SMILES string of the molecule is CCCCCCNC(=O)c1c(N)n(/N=C/c2ccc(O)c(OCC)c2)c2nc3ccccc3nc12. The third kappa shape index (κ3) is 5.18. The summed E-state index contributed by atoms with van der Waals surface area (Å²) in [5, 5.41) is 17.4. The first-order valence-corrected chi connectivity index (χ1v) is 11.9. The quantitative estimate of drug-likeness (QED) is 0.230. The highest BCUT2D eigenvalue weighted by molar-refractivity contribution is 6.10. The van der Waals surface area contributed by atoms with E-state index in [1.807, 2.05) is 31.2 Å². The lowest BCUT2D eigenvalue weighted by atomic mass is 10.2. The summed E-state index contributed by atoms with van der Waals surface area (Å²) < 4.78 is 6.88. The van der Waals surface area contributed by atoms with Crippen molar-refractivity contribution in [2.24, 2.45) is 5.10 Å². The van der Waals surface area contributed by atoms with E-state index in [9.17, 15) is 9.90 Å². The van der Waals surface area contributed by atoms with Crippen LogP contribution in [-0.4, -0.2) is 45.0 Å². The Hall–Kier alpha value is -4.14. The molecule has 4 rings (SSSR count). The summed E-state index contributed by atoms with van der Waals surface area (Å²) in [5.41, 5.74) is 9.50. The molecule has 182 valence electrons. The monoisotopic (exact) mass is 474 g/mol. The zero-order valence-electron chi connectivity index (χ0n) is 20.0. The van der Waals surface area contributed by atoms with Crippen LogP contribution in [0.1, 0.15) is 55.5 Å². The number of rotatable bonds is 10. The summed E-state index contributed by atoms with van der Waals surface area (Å²) in [6.07, 6.45) is 5.78. The first kappa shape index (κ1) is 24.0. The normalized spacial score (nSPS) is 11.5. The number of amides is 1. The molecule has 2 heterocycles. The highest BCUT2D eigenvalue weighted by Crippen LogP contribution is 2.29. The maximum absolute atomic E-state index is 13.1. The van der Waals surface area contributed by atoms with Crippen molar-refractivity contribution >= 4 is 40.1 Å². The molecule has 35 heavy (non-hydrogen) atoms. The number of hydrogen-bond acceptors (Lipinski definition) is 7. The summed E-state index contributed by atoms with van der Waals surface area (Å²) in [7, 11) is 0. The number of aromatic nitrogens is 3. The summed E-state index contributed by atoms with van der Waals surface area (Å²) in [6.45, 7) is 4.96. The molecule has 0 aliphatic rings. The maximum Gasteiger partial charge on any atom is 0.257 e. The molecule has 0 bridgehead atoms. The van der Waals surface area contributed by atoms with Crippen LogP contribution in [0.2, 0.25) is 0 Å². The van der Waals surface area contributed by atoms with Crippen molar-refractivity contribution in [3.63, 3.8) is 0 Å². The van der Waals surface area contributed by atoms with Crippen molar-refractivity contribution in [3.05, 3.63) is 53.6 Å². The van der Waals surface area contributed by atoms with Gasteiger partial charge in [-0.2, -0.15) is 9.78 Å². The zero-order chi connectivity index (χ0) is 24.8. The van der Waals surface area contributed by atoms with Gasteiger partial charge in [-0.25, -0.2) is 9.97 Å². The average molecular weight is 475 g/mol. The molecule has 4 N–H and O–H groups in total. The van der Waals surface area contributed by atoms with Gasteiger partial charge in [-0.3, -0.25) is 4.79 Å². The van der Waals surface area contributed by atoms with Crippen LogP contribution in [0.15, 0.2) is 47.6 Å². The third-order valence-electron chi connectivity index (χ3n) is 5.62. The number of unbranched alkanes of at least 4 members (excludes halogenated alkanes) is 3. The number of para-hydroxylation sites is 2. The second kappa shape index (κ2) is 10.9. The Labute approximate surface area is 203 Å². The Balaban J connectivity index is 1.74. The van der Waals surface area contributed by atoms with Gasteiger partial charge >= 0.3 is 0 Å². The number of nitrogen functional groups attached to an aromatic ring is 1. The molecular formula is C26H30N6O3. The van der Waals surface area contributed by atoms with Gasteiger partial charge in [0.15, 0.2) is 17.1 Å². The predicted molar refractivity (Wildman–Crippen MR) is 138 cm³/mol. The molecule has 2 aromatic heterocycles. The van der Waals surface area contributed by atoms with Gasteiger partial charge in [-0.15, -0.1) is 0 Å². The number of anilines is 1. The van der Waals surface area contributed by atoms with Crippen LogP contribution in [0.25, 0.3) is 22.2 Å². The number of aromatic hydroxyl groups is 1. The lowest BCUT2D eigenvalue weighted by Gasteiger charge is -2.06. The van der Waals surface area contributed by atoms with Gasteiger partial charge in [0.05, 0.1) is 23.9 Å². The molecule has 2 aromatic carbocycles. The minimum atomic E-state index is -0.300. The lowest BCUT2D eigenvalue weighted by Crippen LogP contribution is -2.25. The number of phenols is 1. The number of phenolic OH excluding ortho intramolecular Hbond substituents is 1. The van der Waals surface area contributed by atoms with Crippen LogP contribution in [0.5, 0.6) is 11.5 Å². The van der Waals surface area contributed by atoms with Gasteiger partial charge in [0.1, 0.15) is 16.9 Å². The summed E-state index contributed by atoms with van der Waals surface area (Å²) >= 11 is 0. The highest BCUT2D eigenvalue weighted by atomic mass is 16.5. The lowest BCUT2D eigenvalue weighted by molar-refractivity contribution is 0.0955. The number of ether oxygens (including phenoxy) is 1. The molecular weight excluding hydrogens is 444 g/mol. The number of carbonyl (C=O) groups excluding carboxylic acids is 1. The van der Waals surface area contributed by atoms with Gasteiger partial charge in [-0.05, 0) is 49.2 Å². The third-order valence-corrected chi connectivity index (χ3v) is 5.62. The van der Waals surface area contributed by atoms with Crippen LogP contribution in [0, 0.1) is 0 Å². The van der Waals surface area contributed by atoms with Crippen LogP contribution in [0.4, 0.5) is 5.82 Å². The van der Waals surface area contributed by atoms with E-state index >= 15 is 0 Å². The molecule has 9 heteroatoms. The molecule has 0 unspecified atom stereocenters. The first-order valence-electron chi connectivity index (χ1n) is 11.9. The van der Waals surface area contributed by atoms with Crippen molar-refractivity contribution in [1.82, 2.24) is 20.0 Å². The molecule has 0 atom stereocenters. The van der Waals surface area contributed by atoms with E-state index in [1.54, 1.807) is 18.3 Å². The van der Waals surface area contributed by atoms with Gasteiger partial charge in [0, 0.05) is 6.54 Å². The molecule has 0 saturated carbocycles. The first-order chi connectivity index (χ1) is 17.0. The van der Waals surface area contributed by atoms with Gasteiger partial charge < -0.3 is 20.9 Å². The van der Waals surface area contributed by atoms with Crippen molar-refractivity contribution in [2.75, 3.05) is 18.9 Å². The number of fused-ring (bicyclic) bond motifs is 2. The molecule has 0 aliphatic heterocycles. The second-order valence-electron chi connectivity index (χ2n) is 8.18. The minimum Gasteiger partial charge on any atom is -0.504 e. The molecule has 0 saturated heterocycles. The molecule has 0 spiro atoms. The van der Waals surface area contributed by atoms with E-state index in [0.717, 1.165) is 25.7 Å². The number of nitrogens with zero attached hydrogens (tertiary/aromatic N) is 4. The second-order valence-corrected chi connectivity index (χ2v) is 8.18. The fraction of sp³-hybridized carbons (Fsp3) is 0.308. The van der Waals surface area contributed by atoms with E-state index in [-0.39, 0.29) is 23.0 Å². The maximum atomic E-state index is 13.1. The standard InChI is InChI=1S/C26H30N6O3/c1-3-5-6-9-14-28-26(34)22-23-25(31-19-11-8-7-10-18(19)30-23)32(24(22)27)29-16-17-12-13-20(33)21(15-17)35-4-2/h7-8,10-13,15-16,33H,3-6,9,14,27H2,1-2H3,(H,28,34)/b29-16+. The van der Waals surface area contributed by atoms with Crippen LogP contribution >= 0.6 is 0 Å². The van der Waals surface area contributed by atoms with E-state index in [2.05, 4.69) is 17.3 Å². The predicted octanol–water partition coefficient (Wildman–Crippen LogP) is 4.46. The summed E-state index contributed by atoms with van der Waals surface area (Å²) in [4.78, 5) is 22.5. The zero-order valence-corrected chi connectivity index (χ0v) is 20.0. The van der Waals surface area contributed by atoms with Crippen LogP contribution < -0.4 is 15.8 Å².